The molecule has 28 heavy (non-hydrogen) atoms. The number of imide groups is 1. The van der Waals surface area contributed by atoms with Gasteiger partial charge in [-0.15, -0.1) is 10.2 Å². The average molecular weight is 423 g/mol. The lowest BCUT2D eigenvalue weighted by Gasteiger charge is -2.21. The Morgan fingerprint density at radius 3 is 2.50 bits per heavy atom. The number of nitrogens with zero attached hydrogens (tertiary/aromatic N) is 4. The Balaban J connectivity index is 2.01. The summed E-state index contributed by atoms with van der Waals surface area (Å²) in [6.07, 6.45) is 2.18. The molecular weight excluding hydrogens is 400 g/mol. The van der Waals surface area contributed by atoms with E-state index in [4.69, 9.17) is 17.3 Å². The smallest absolute Gasteiger partial charge is 0.318 e. The van der Waals surface area contributed by atoms with Gasteiger partial charge in [-0.1, -0.05) is 49.3 Å². The highest BCUT2D eigenvalue weighted by Crippen LogP contribution is 2.35. The quantitative estimate of drug-likeness (QED) is 0.693. The van der Waals surface area contributed by atoms with Crippen molar-refractivity contribution in [3.05, 3.63) is 29.3 Å². The van der Waals surface area contributed by atoms with Crippen LogP contribution in [0.25, 0.3) is 5.69 Å². The van der Waals surface area contributed by atoms with Gasteiger partial charge in [-0.25, -0.2) is 4.79 Å². The SMILES string of the molecule is CC(C)[C@@H](Sc1nnc(N2CCCC2)n1-c1ccccc1Cl)C(=O)NC(N)=O. The number of hydrogen-bond donors (Lipinski definition) is 2. The number of carbonyl (C=O) groups excluding carboxylic acids is 2. The third kappa shape index (κ3) is 4.41. The molecule has 1 aliphatic rings. The second-order valence-electron chi connectivity index (χ2n) is 6.90. The van der Waals surface area contributed by atoms with Crippen LogP contribution in [0.2, 0.25) is 5.02 Å². The fraction of sp³-hybridized carbons (Fsp3) is 0.444. The lowest BCUT2D eigenvalue weighted by atomic mass is 10.1. The van der Waals surface area contributed by atoms with Crippen LogP contribution in [0.1, 0.15) is 26.7 Å². The molecule has 150 valence electrons. The van der Waals surface area contributed by atoms with E-state index in [1.54, 1.807) is 6.07 Å². The number of amides is 3. The van der Waals surface area contributed by atoms with Crippen molar-refractivity contribution >= 4 is 41.2 Å². The number of anilines is 1. The predicted molar refractivity (Wildman–Crippen MR) is 110 cm³/mol. The zero-order chi connectivity index (χ0) is 20.3. The number of aromatic nitrogens is 3. The molecule has 0 saturated carbocycles. The van der Waals surface area contributed by atoms with Crippen LogP contribution < -0.4 is 16.0 Å². The highest BCUT2D eigenvalue weighted by atomic mass is 35.5. The molecule has 0 bridgehead atoms. The molecule has 1 aromatic carbocycles. The number of primary amides is 1. The minimum absolute atomic E-state index is 0.0593. The molecule has 3 rings (SSSR count). The summed E-state index contributed by atoms with van der Waals surface area (Å²) in [6.45, 7) is 5.58. The van der Waals surface area contributed by atoms with Crippen molar-refractivity contribution in [1.82, 2.24) is 20.1 Å². The van der Waals surface area contributed by atoms with Crippen molar-refractivity contribution in [2.45, 2.75) is 37.1 Å². The topological polar surface area (TPSA) is 106 Å². The zero-order valence-electron chi connectivity index (χ0n) is 15.8. The van der Waals surface area contributed by atoms with Crippen molar-refractivity contribution in [1.29, 1.82) is 0 Å². The van der Waals surface area contributed by atoms with Gasteiger partial charge in [-0.3, -0.25) is 14.7 Å². The molecule has 0 radical (unpaired) electrons. The zero-order valence-corrected chi connectivity index (χ0v) is 17.3. The molecule has 0 aliphatic carbocycles. The first-order chi connectivity index (χ1) is 13.4. The molecule has 1 aromatic heterocycles. The first kappa shape index (κ1) is 20.5. The van der Waals surface area contributed by atoms with Crippen molar-refractivity contribution in [3.8, 4) is 5.69 Å². The van der Waals surface area contributed by atoms with Gasteiger partial charge >= 0.3 is 6.03 Å². The summed E-state index contributed by atoms with van der Waals surface area (Å²) in [7, 11) is 0. The van der Waals surface area contributed by atoms with Gasteiger partial charge < -0.3 is 10.6 Å². The van der Waals surface area contributed by atoms with E-state index in [1.807, 2.05) is 36.6 Å². The molecule has 3 N–H and O–H groups in total. The first-order valence-electron chi connectivity index (χ1n) is 9.10. The minimum atomic E-state index is -0.874. The molecule has 2 aromatic rings. The van der Waals surface area contributed by atoms with E-state index < -0.39 is 17.2 Å². The van der Waals surface area contributed by atoms with Crippen LogP contribution in [0.3, 0.4) is 0 Å². The van der Waals surface area contributed by atoms with Crippen molar-refractivity contribution in [3.63, 3.8) is 0 Å². The van der Waals surface area contributed by atoms with Gasteiger partial charge in [-0.2, -0.15) is 0 Å². The summed E-state index contributed by atoms with van der Waals surface area (Å²) in [6, 6.07) is 6.57. The second-order valence-corrected chi connectivity index (χ2v) is 8.42. The van der Waals surface area contributed by atoms with Gasteiger partial charge in [-0.05, 0) is 30.9 Å². The molecule has 0 spiro atoms. The molecule has 1 fully saturated rings. The number of carbonyl (C=O) groups is 2. The lowest BCUT2D eigenvalue weighted by molar-refractivity contribution is -0.120. The Hall–Kier alpha value is -2.26. The van der Waals surface area contributed by atoms with Gasteiger partial charge in [0.05, 0.1) is 16.0 Å². The number of benzene rings is 1. The molecule has 0 unspecified atom stereocenters. The molecule has 1 aliphatic heterocycles. The van der Waals surface area contributed by atoms with E-state index in [1.165, 1.54) is 11.8 Å². The fourth-order valence-corrected chi connectivity index (χ4v) is 4.36. The van der Waals surface area contributed by atoms with Crippen molar-refractivity contribution < 1.29 is 9.59 Å². The van der Waals surface area contributed by atoms with Gasteiger partial charge in [0.15, 0.2) is 5.16 Å². The van der Waals surface area contributed by atoms with Crippen molar-refractivity contribution in [2.75, 3.05) is 18.0 Å². The fourth-order valence-electron chi connectivity index (χ4n) is 3.10. The molecule has 1 atom stereocenters. The number of halogens is 1. The molecule has 8 nitrogen and oxygen atoms in total. The molecule has 3 amide bonds. The lowest BCUT2D eigenvalue weighted by Crippen LogP contribution is -2.42. The van der Waals surface area contributed by atoms with Gasteiger partial charge in [0.25, 0.3) is 0 Å². The second kappa shape index (κ2) is 8.83. The van der Waals surface area contributed by atoms with Gasteiger partial charge in [0, 0.05) is 13.1 Å². The Morgan fingerprint density at radius 2 is 1.89 bits per heavy atom. The monoisotopic (exact) mass is 422 g/mol. The Bertz CT molecular complexity index is 866. The number of urea groups is 1. The Labute approximate surface area is 172 Å². The largest absolute Gasteiger partial charge is 0.351 e. The summed E-state index contributed by atoms with van der Waals surface area (Å²) in [5.41, 5.74) is 5.86. The maximum Gasteiger partial charge on any atom is 0.318 e. The Kier molecular flexibility index (Phi) is 6.46. The maximum absolute atomic E-state index is 12.5. The van der Waals surface area contributed by atoms with Crippen LogP contribution in [0, 0.1) is 5.92 Å². The number of nitrogens with two attached hydrogens (primary N) is 1. The standard InChI is InChI=1S/C18H23ClN6O2S/c1-11(2)14(15(26)21-16(20)27)28-18-23-22-17(24-9-5-6-10-24)25(18)13-8-4-3-7-12(13)19/h3-4,7-8,11,14H,5-6,9-10H2,1-2H3,(H3,20,21,26,27)/t14-/m1/s1. The van der Waals surface area contributed by atoms with Crippen LogP contribution in [0.4, 0.5) is 10.7 Å². The summed E-state index contributed by atoms with van der Waals surface area (Å²) < 4.78 is 1.88. The number of hydrogen-bond acceptors (Lipinski definition) is 6. The number of rotatable bonds is 6. The van der Waals surface area contributed by atoms with Gasteiger partial charge in [0.2, 0.25) is 11.9 Å². The van der Waals surface area contributed by atoms with Crippen LogP contribution in [0.15, 0.2) is 29.4 Å². The predicted octanol–water partition coefficient (Wildman–Crippen LogP) is 2.83. The summed E-state index contributed by atoms with van der Waals surface area (Å²) >= 11 is 7.69. The summed E-state index contributed by atoms with van der Waals surface area (Å²) in [4.78, 5) is 25.7. The highest BCUT2D eigenvalue weighted by Gasteiger charge is 2.30. The summed E-state index contributed by atoms with van der Waals surface area (Å²) in [5, 5.41) is 11.4. The van der Waals surface area contributed by atoms with E-state index in [0.29, 0.717) is 16.1 Å². The molecule has 10 heteroatoms. The van der Waals surface area contributed by atoms with Gasteiger partial charge in [0.1, 0.15) is 0 Å². The number of para-hydroxylation sites is 1. The van der Waals surface area contributed by atoms with E-state index in [2.05, 4.69) is 20.4 Å². The molecule has 2 heterocycles. The highest BCUT2D eigenvalue weighted by molar-refractivity contribution is 8.00. The third-order valence-electron chi connectivity index (χ3n) is 4.44. The van der Waals surface area contributed by atoms with Crippen LogP contribution >= 0.6 is 23.4 Å². The van der Waals surface area contributed by atoms with Crippen molar-refractivity contribution in [2.24, 2.45) is 11.7 Å². The summed E-state index contributed by atoms with van der Waals surface area (Å²) in [5.74, 6) is 0.186. The normalized spacial score (nSPS) is 15.1. The first-order valence-corrected chi connectivity index (χ1v) is 10.4. The number of nitrogens with one attached hydrogen (secondary N) is 1. The Morgan fingerprint density at radius 1 is 1.21 bits per heavy atom. The molecular formula is C18H23ClN6O2S. The van der Waals surface area contributed by atoms with E-state index in [0.717, 1.165) is 31.6 Å². The van der Waals surface area contributed by atoms with Crippen LogP contribution in [-0.4, -0.2) is 45.0 Å². The third-order valence-corrected chi connectivity index (χ3v) is 6.25. The molecule has 1 saturated heterocycles. The minimum Gasteiger partial charge on any atom is -0.351 e. The maximum atomic E-state index is 12.5. The van der Waals surface area contributed by atoms with E-state index >= 15 is 0 Å². The average Bonchev–Trinajstić information content (AvgIpc) is 3.28. The van der Waals surface area contributed by atoms with E-state index in [9.17, 15) is 9.59 Å². The van der Waals surface area contributed by atoms with Crippen LogP contribution in [0.5, 0.6) is 0 Å². The van der Waals surface area contributed by atoms with Crippen LogP contribution in [-0.2, 0) is 4.79 Å². The number of thioether (sulfide) groups is 1. The van der Waals surface area contributed by atoms with E-state index in [-0.39, 0.29) is 5.92 Å².